The smallest absolute Gasteiger partial charge is 0.316 e. The molecular weight excluding hydrogens is 240 g/mol. The number of anilines is 2. The molecule has 0 heterocycles. The maximum atomic E-state index is 10.8. The fraction of sp³-hybridized carbons (Fsp3) is 0.500. The first-order valence-electron chi connectivity index (χ1n) is 6.82. The van der Waals surface area contributed by atoms with E-state index in [0.717, 1.165) is 18.7 Å². The first kappa shape index (κ1) is 13.7. The SMILES string of the molecule is NCC1CCCCC1Nc1cccc(NC(N)=O)c1. The molecule has 6 N–H and O–H groups in total. The Labute approximate surface area is 113 Å². The Hall–Kier alpha value is -1.75. The molecule has 1 fully saturated rings. The van der Waals surface area contributed by atoms with Crippen LogP contribution < -0.4 is 22.1 Å². The Balaban J connectivity index is 2.03. The molecule has 1 aliphatic carbocycles. The van der Waals surface area contributed by atoms with Crippen molar-refractivity contribution in [3.63, 3.8) is 0 Å². The van der Waals surface area contributed by atoms with Crippen LogP contribution in [0.15, 0.2) is 24.3 Å². The van der Waals surface area contributed by atoms with Crippen LogP contribution in [-0.2, 0) is 0 Å². The van der Waals surface area contributed by atoms with Gasteiger partial charge in [0.1, 0.15) is 0 Å². The largest absolute Gasteiger partial charge is 0.382 e. The Bertz CT molecular complexity index is 435. The lowest BCUT2D eigenvalue weighted by Gasteiger charge is -2.32. The number of rotatable bonds is 4. The van der Waals surface area contributed by atoms with Gasteiger partial charge in [-0.15, -0.1) is 0 Å². The molecule has 0 aliphatic heterocycles. The number of amides is 2. The van der Waals surface area contributed by atoms with Gasteiger partial charge in [0.05, 0.1) is 0 Å². The van der Waals surface area contributed by atoms with E-state index < -0.39 is 6.03 Å². The average molecular weight is 262 g/mol. The molecular formula is C14H22N4O. The summed E-state index contributed by atoms with van der Waals surface area (Å²) in [6.45, 7) is 0.719. The van der Waals surface area contributed by atoms with E-state index in [0.29, 0.717) is 17.6 Å². The van der Waals surface area contributed by atoms with E-state index in [4.69, 9.17) is 11.5 Å². The van der Waals surface area contributed by atoms with E-state index >= 15 is 0 Å². The van der Waals surface area contributed by atoms with Crippen LogP contribution in [-0.4, -0.2) is 18.6 Å². The number of carbonyl (C=O) groups is 1. The fourth-order valence-electron chi connectivity index (χ4n) is 2.72. The molecule has 1 aliphatic rings. The van der Waals surface area contributed by atoms with Gasteiger partial charge in [-0.05, 0) is 43.5 Å². The zero-order valence-electron chi connectivity index (χ0n) is 11.1. The molecule has 2 atom stereocenters. The molecule has 0 bridgehead atoms. The van der Waals surface area contributed by atoms with Gasteiger partial charge in [0.2, 0.25) is 0 Å². The highest BCUT2D eigenvalue weighted by molar-refractivity contribution is 5.88. The molecule has 0 aromatic heterocycles. The Kier molecular flexibility index (Phi) is 4.63. The number of nitrogens with one attached hydrogen (secondary N) is 2. The first-order valence-corrected chi connectivity index (χ1v) is 6.82. The zero-order valence-corrected chi connectivity index (χ0v) is 11.1. The molecule has 1 aromatic rings. The molecule has 5 heteroatoms. The molecule has 0 saturated heterocycles. The lowest BCUT2D eigenvalue weighted by molar-refractivity contribution is 0.259. The van der Waals surface area contributed by atoms with Crippen molar-refractivity contribution in [2.45, 2.75) is 31.7 Å². The highest BCUT2D eigenvalue weighted by Crippen LogP contribution is 2.27. The molecule has 0 spiro atoms. The van der Waals surface area contributed by atoms with E-state index in [9.17, 15) is 4.79 Å². The van der Waals surface area contributed by atoms with Gasteiger partial charge in [-0.1, -0.05) is 18.9 Å². The van der Waals surface area contributed by atoms with Crippen molar-refractivity contribution in [1.29, 1.82) is 0 Å². The van der Waals surface area contributed by atoms with Gasteiger partial charge in [-0.2, -0.15) is 0 Å². The van der Waals surface area contributed by atoms with Crippen molar-refractivity contribution in [3.05, 3.63) is 24.3 Å². The normalized spacial score (nSPS) is 22.8. The highest BCUT2D eigenvalue weighted by Gasteiger charge is 2.23. The fourth-order valence-corrected chi connectivity index (χ4v) is 2.72. The van der Waals surface area contributed by atoms with Gasteiger partial charge in [0.15, 0.2) is 0 Å². The number of benzene rings is 1. The summed E-state index contributed by atoms with van der Waals surface area (Å²) in [5.41, 5.74) is 12.6. The molecule has 104 valence electrons. The number of primary amides is 1. The number of urea groups is 1. The summed E-state index contributed by atoms with van der Waals surface area (Å²) in [6, 6.07) is 7.48. The average Bonchev–Trinajstić information content (AvgIpc) is 2.39. The van der Waals surface area contributed by atoms with Crippen molar-refractivity contribution in [1.82, 2.24) is 0 Å². The minimum atomic E-state index is -0.547. The van der Waals surface area contributed by atoms with Gasteiger partial charge >= 0.3 is 6.03 Å². The Morgan fingerprint density at radius 3 is 2.74 bits per heavy atom. The summed E-state index contributed by atoms with van der Waals surface area (Å²) in [6.07, 6.45) is 4.85. The van der Waals surface area contributed by atoms with E-state index in [1.54, 1.807) is 0 Å². The molecule has 2 unspecified atom stereocenters. The molecule has 2 amide bonds. The van der Waals surface area contributed by atoms with Crippen molar-refractivity contribution in [3.8, 4) is 0 Å². The lowest BCUT2D eigenvalue weighted by Crippen LogP contribution is -2.36. The van der Waals surface area contributed by atoms with Crippen LogP contribution in [0.5, 0.6) is 0 Å². The Morgan fingerprint density at radius 2 is 2.00 bits per heavy atom. The maximum Gasteiger partial charge on any atom is 0.316 e. The standard InChI is InChI=1S/C14H22N4O/c15-9-10-4-1-2-7-13(10)17-11-5-3-6-12(8-11)18-14(16)19/h3,5-6,8,10,13,17H,1-2,4,7,9,15H2,(H3,16,18,19). The van der Waals surface area contributed by atoms with E-state index in [1.165, 1.54) is 19.3 Å². The van der Waals surface area contributed by atoms with Crippen LogP contribution >= 0.6 is 0 Å². The van der Waals surface area contributed by atoms with Gasteiger partial charge in [-0.25, -0.2) is 4.79 Å². The maximum absolute atomic E-state index is 10.8. The third-order valence-electron chi connectivity index (χ3n) is 3.69. The van der Waals surface area contributed by atoms with E-state index in [-0.39, 0.29) is 0 Å². The number of hydrogen-bond donors (Lipinski definition) is 4. The summed E-state index contributed by atoms with van der Waals surface area (Å²) >= 11 is 0. The number of nitrogens with two attached hydrogens (primary N) is 2. The summed E-state index contributed by atoms with van der Waals surface area (Å²) in [5.74, 6) is 0.529. The van der Waals surface area contributed by atoms with Crippen molar-refractivity contribution in [2.24, 2.45) is 17.4 Å². The minimum absolute atomic E-state index is 0.419. The molecule has 2 rings (SSSR count). The molecule has 5 nitrogen and oxygen atoms in total. The van der Waals surface area contributed by atoms with E-state index in [2.05, 4.69) is 10.6 Å². The quantitative estimate of drug-likeness (QED) is 0.669. The topological polar surface area (TPSA) is 93.2 Å². The van der Waals surface area contributed by atoms with Gasteiger partial charge in [0, 0.05) is 17.4 Å². The van der Waals surface area contributed by atoms with Gasteiger partial charge in [0.25, 0.3) is 0 Å². The van der Waals surface area contributed by atoms with Gasteiger partial charge < -0.3 is 22.1 Å². The van der Waals surface area contributed by atoms with Crippen LogP contribution in [0.2, 0.25) is 0 Å². The van der Waals surface area contributed by atoms with Crippen molar-refractivity contribution < 1.29 is 4.79 Å². The summed E-state index contributed by atoms with van der Waals surface area (Å²) in [7, 11) is 0. The number of hydrogen-bond acceptors (Lipinski definition) is 3. The third-order valence-corrected chi connectivity index (χ3v) is 3.69. The van der Waals surface area contributed by atoms with Crippen LogP contribution in [0.25, 0.3) is 0 Å². The predicted octanol–water partition coefficient (Wildman–Crippen LogP) is 2.11. The van der Waals surface area contributed by atoms with Crippen LogP contribution in [0.4, 0.5) is 16.2 Å². The molecule has 0 radical (unpaired) electrons. The second kappa shape index (κ2) is 6.43. The highest BCUT2D eigenvalue weighted by atomic mass is 16.2. The van der Waals surface area contributed by atoms with Crippen LogP contribution in [0, 0.1) is 5.92 Å². The van der Waals surface area contributed by atoms with Crippen LogP contribution in [0.1, 0.15) is 25.7 Å². The summed E-state index contributed by atoms with van der Waals surface area (Å²) < 4.78 is 0. The second-order valence-electron chi connectivity index (χ2n) is 5.10. The Morgan fingerprint density at radius 1 is 1.26 bits per heavy atom. The number of carbonyl (C=O) groups excluding carboxylic acids is 1. The molecule has 1 saturated carbocycles. The monoisotopic (exact) mass is 262 g/mol. The minimum Gasteiger partial charge on any atom is -0.382 e. The van der Waals surface area contributed by atoms with Gasteiger partial charge in [-0.3, -0.25) is 0 Å². The summed E-state index contributed by atoms with van der Waals surface area (Å²) in [4.78, 5) is 10.8. The van der Waals surface area contributed by atoms with E-state index in [1.807, 2.05) is 24.3 Å². The third kappa shape index (κ3) is 3.86. The predicted molar refractivity (Wildman–Crippen MR) is 78.1 cm³/mol. The first-order chi connectivity index (χ1) is 9.19. The van der Waals surface area contributed by atoms with Crippen molar-refractivity contribution in [2.75, 3.05) is 17.2 Å². The summed E-state index contributed by atoms with van der Waals surface area (Å²) in [5, 5.41) is 6.11. The lowest BCUT2D eigenvalue weighted by atomic mass is 9.84. The molecule has 19 heavy (non-hydrogen) atoms. The zero-order chi connectivity index (χ0) is 13.7. The molecule has 1 aromatic carbocycles. The van der Waals surface area contributed by atoms with Crippen LogP contribution in [0.3, 0.4) is 0 Å². The van der Waals surface area contributed by atoms with Crippen molar-refractivity contribution >= 4 is 17.4 Å². The second-order valence-corrected chi connectivity index (χ2v) is 5.10.